The van der Waals surface area contributed by atoms with Crippen LogP contribution < -0.4 is 5.32 Å². The Bertz CT molecular complexity index is 269. The van der Waals surface area contributed by atoms with E-state index in [1.807, 2.05) is 19.4 Å². The maximum Gasteiger partial charge on any atom is 0.123 e. The van der Waals surface area contributed by atoms with Crippen LogP contribution >= 0.6 is 0 Å². The van der Waals surface area contributed by atoms with Gasteiger partial charge >= 0.3 is 0 Å². The molecule has 0 aliphatic heterocycles. The lowest BCUT2D eigenvalue weighted by Gasteiger charge is -2.13. The van der Waals surface area contributed by atoms with E-state index in [9.17, 15) is 0 Å². The third-order valence-electron chi connectivity index (χ3n) is 3.54. The molecular formula is C15H29N3. The molecule has 18 heavy (non-hydrogen) atoms. The fourth-order valence-electron chi connectivity index (χ4n) is 2.37. The minimum absolute atomic E-state index is 0.389. The molecule has 1 unspecified atom stereocenters. The van der Waals surface area contributed by atoms with Gasteiger partial charge in [-0.15, -0.1) is 0 Å². The summed E-state index contributed by atoms with van der Waals surface area (Å²) in [5.74, 6) is 1.07. The van der Waals surface area contributed by atoms with Crippen molar-refractivity contribution < 1.29 is 0 Å². The molecule has 3 nitrogen and oxygen atoms in total. The molecular weight excluding hydrogens is 222 g/mol. The van der Waals surface area contributed by atoms with Crippen molar-refractivity contribution in [3.63, 3.8) is 0 Å². The lowest BCUT2D eigenvalue weighted by Crippen LogP contribution is -2.17. The number of H-pyrrole nitrogens is 1. The number of unbranched alkanes of at least 4 members (excludes halogenated alkanes) is 7. The summed E-state index contributed by atoms with van der Waals surface area (Å²) < 4.78 is 0. The Morgan fingerprint density at radius 2 is 1.78 bits per heavy atom. The lowest BCUT2D eigenvalue weighted by atomic mass is 10.0. The average Bonchev–Trinajstić information content (AvgIpc) is 2.91. The molecule has 1 rings (SSSR count). The standard InChI is InChI=1S/C15H29N3/c1-3-4-5-6-7-8-9-10-11-14(16-2)15-17-12-13-18-15/h12-14,16H,3-11H2,1-2H3,(H,17,18). The summed E-state index contributed by atoms with van der Waals surface area (Å²) in [6, 6.07) is 0.389. The van der Waals surface area contributed by atoms with Gasteiger partial charge in [0, 0.05) is 12.4 Å². The van der Waals surface area contributed by atoms with E-state index < -0.39 is 0 Å². The zero-order chi connectivity index (χ0) is 13.1. The monoisotopic (exact) mass is 251 g/mol. The summed E-state index contributed by atoms with van der Waals surface area (Å²) in [6.07, 6.45) is 15.9. The summed E-state index contributed by atoms with van der Waals surface area (Å²) in [4.78, 5) is 7.51. The zero-order valence-electron chi connectivity index (χ0n) is 12.0. The summed E-state index contributed by atoms with van der Waals surface area (Å²) in [6.45, 7) is 2.27. The molecule has 0 aliphatic carbocycles. The van der Waals surface area contributed by atoms with Crippen molar-refractivity contribution in [3.05, 3.63) is 18.2 Å². The minimum atomic E-state index is 0.389. The number of nitrogens with one attached hydrogen (secondary N) is 2. The number of nitrogens with zero attached hydrogens (tertiary/aromatic N) is 1. The first-order valence-electron chi connectivity index (χ1n) is 7.55. The van der Waals surface area contributed by atoms with Crippen LogP contribution in [-0.2, 0) is 0 Å². The number of imidazole rings is 1. The third-order valence-corrected chi connectivity index (χ3v) is 3.54. The highest BCUT2D eigenvalue weighted by Gasteiger charge is 2.10. The number of rotatable bonds is 11. The first-order valence-corrected chi connectivity index (χ1v) is 7.55. The highest BCUT2D eigenvalue weighted by Crippen LogP contribution is 2.17. The summed E-state index contributed by atoms with van der Waals surface area (Å²) in [5, 5.41) is 3.33. The van der Waals surface area contributed by atoms with Crippen molar-refractivity contribution in [3.8, 4) is 0 Å². The Labute approximate surface area is 112 Å². The summed E-state index contributed by atoms with van der Waals surface area (Å²) in [7, 11) is 2.01. The molecule has 104 valence electrons. The molecule has 1 atom stereocenters. The van der Waals surface area contributed by atoms with Gasteiger partial charge in [-0.25, -0.2) is 4.98 Å². The number of aromatic amines is 1. The normalized spacial score (nSPS) is 12.8. The van der Waals surface area contributed by atoms with Crippen molar-refractivity contribution in [2.75, 3.05) is 7.05 Å². The predicted octanol–water partition coefficient (Wildman–Crippen LogP) is 4.20. The van der Waals surface area contributed by atoms with Crippen LogP contribution in [0.25, 0.3) is 0 Å². The molecule has 1 aromatic rings. The second-order valence-corrected chi connectivity index (χ2v) is 5.08. The van der Waals surface area contributed by atoms with Crippen LogP contribution in [-0.4, -0.2) is 17.0 Å². The van der Waals surface area contributed by atoms with E-state index in [2.05, 4.69) is 22.2 Å². The van der Waals surface area contributed by atoms with E-state index in [1.165, 1.54) is 57.8 Å². The molecule has 0 aliphatic rings. The lowest BCUT2D eigenvalue weighted by molar-refractivity contribution is 0.480. The van der Waals surface area contributed by atoms with Crippen molar-refractivity contribution in [1.82, 2.24) is 15.3 Å². The van der Waals surface area contributed by atoms with Crippen LogP contribution in [0.5, 0.6) is 0 Å². The van der Waals surface area contributed by atoms with Gasteiger partial charge in [0.05, 0.1) is 6.04 Å². The molecule has 3 heteroatoms. The van der Waals surface area contributed by atoms with Crippen LogP contribution in [0.4, 0.5) is 0 Å². The van der Waals surface area contributed by atoms with Crippen molar-refractivity contribution >= 4 is 0 Å². The van der Waals surface area contributed by atoms with Gasteiger partial charge in [-0.1, -0.05) is 58.3 Å². The van der Waals surface area contributed by atoms with E-state index >= 15 is 0 Å². The summed E-state index contributed by atoms with van der Waals surface area (Å²) >= 11 is 0. The van der Waals surface area contributed by atoms with E-state index in [-0.39, 0.29) is 0 Å². The minimum Gasteiger partial charge on any atom is -0.347 e. The van der Waals surface area contributed by atoms with Gasteiger partial charge < -0.3 is 10.3 Å². The molecule has 0 fully saturated rings. The zero-order valence-corrected chi connectivity index (χ0v) is 12.0. The molecule has 1 heterocycles. The smallest absolute Gasteiger partial charge is 0.123 e. The van der Waals surface area contributed by atoms with E-state index in [1.54, 1.807) is 0 Å². The largest absolute Gasteiger partial charge is 0.347 e. The Kier molecular flexibility index (Phi) is 8.57. The Hall–Kier alpha value is -0.830. The molecule has 0 saturated heterocycles. The van der Waals surface area contributed by atoms with Gasteiger partial charge in [0.15, 0.2) is 0 Å². The molecule has 2 N–H and O–H groups in total. The molecule has 0 bridgehead atoms. The number of aromatic nitrogens is 2. The van der Waals surface area contributed by atoms with Gasteiger partial charge in [0.2, 0.25) is 0 Å². The SMILES string of the molecule is CCCCCCCCCCC(NC)c1ncc[nH]1. The van der Waals surface area contributed by atoms with Gasteiger partial charge in [0.25, 0.3) is 0 Å². The van der Waals surface area contributed by atoms with Crippen LogP contribution in [0, 0.1) is 0 Å². The first-order chi connectivity index (χ1) is 8.88. The fraction of sp³-hybridized carbons (Fsp3) is 0.800. The molecule has 0 amide bonds. The van der Waals surface area contributed by atoms with Crippen molar-refractivity contribution in [2.24, 2.45) is 0 Å². The highest BCUT2D eigenvalue weighted by atomic mass is 15.0. The maximum atomic E-state index is 4.32. The quantitative estimate of drug-likeness (QED) is 0.579. The maximum absolute atomic E-state index is 4.32. The van der Waals surface area contributed by atoms with E-state index in [4.69, 9.17) is 0 Å². The Morgan fingerprint density at radius 3 is 2.33 bits per heavy atom. The molecule has 1 aromatic heterocycles. The molecule has 0 saturated carbocycles. The molecule has 0 radical (unpaired) electrons. The fourth-order valence-corrected chi connectivity index (χ4v) is 2.37. The van der Waals surface area contributed by atoms with Crippen LogP contribution in [0.15, 0.2) is 12.4 Å². The Balaban J connectivity index is 1.99. The van der Waals surface area contributed by atoms with Gasteiger partial charge in [0.1, 0.15) is 5.82 Å². The summed E-state index contributed by atoms with van der Waals surface area (Å²) in [5.41, 5.74) is 0. The highest BCUT2D eigenvalue weighted by molar-refractivity contribution is 4.94. The third kappa shape index (κ3) is 6.20. The topological polar surface area (TPSA) is 40.7 Å². The molecule has 0 spiro atoms. The molecule has 0 aromatic carbocycles. The van der Waals surface area contributed by atoms with Gasteiger partial charge in [-0.05, 0) is 13.5 Å². The number of hydrogen-bond donors (Lipinski definition) is 2. The van der Waals surface area contributed by atoms with Crippen LogP contribution in [0.3, 0.4) is 0 Å². The van der Waals surface area contributed by atoms with Crippen LogP contribution in [0.1, 0.15) is 76.6 Å². The second-order valence-electron chi connectivity index (χ2n) is 5.08. The second kappa shape index (κ2) is 10.1. The van der Waals surface area contributed by atoms with E-state index in [0.717, 1.165) is 5.82 Å². The predicted molar refractivity (Wildman–Crippen MR) is 77.6 cm³/mol. The van der Waals surface area contributed by atoms with E-state index in [0.29, 0.717) is 6.04 Å². The van der Waals surface area contributed by atoms with Crippen molar-refractivity contribution in [2.45, 2.75) is 70.8 Å². The first kappa shape index (κ1) is 15.2. The van der Waals surface area contributed by atoms with Crippen molar-refractivity contribution in [1.29, 1.82) is 0 Å². The van der Waals surface area contributed by atoms with Gasteiger partial charge in [-0.2, -0.15) is 0 Å². The Morgan fingerprint density at radius 1 is 1.11 bits per heavy atom. The van der Waals surface area contributed by atoms with Gasteiger partial charge in [-0.3, -0.25) is 0 Å². The average molecular weight is 251 g/mol. The number of hydrogen-bond acceptors (Lipinski definition) is 2. The van der Waals surface area contributed by atoms with Crippen LogP contribution in [0.2, 0.25) is 0 Å².